The maximum absolute atomic E-state index is 11.8. The van der Waals surface area contributed by atoms with Crippen molar-refractivity contribution in [3.63, 3.8) is 0 Å². The van der Waals surface area contributed by atoms with Crippen LogP contribution in [0.1, 0.15) is 21.4 Å². The summed E-state index contributed by atoms with van der Waals surface area (Å²) in [6.07, 6.45) is -1.10. The van der Waals surface area contributed by atoms with Crippen LogP contribution < -0.4 is 5.32 Å². The number of thiophene rings is 1. The molecule has 0 fully saturated rings. The summed E-state index contributed by atoms with van der Waals surface area (Å²) in [6, 6.07) is 12.9. The molecule has 18 heavy (non-hydrogen) atoms. The van der Waals surface area contributed by atoms with Crippen LogP contribution in [0.2, 0.25) is 0 Å². The molecule has 2 rings (SSSR count). The minimum atomic E-state index is -1.10. The van der Waals surface area contributed by atoms with Crippen molar-refractivity contribution < 1.29 is 9.90 Å². The third-order valence-electron chi connectivity index (χ3n) is 2.60. The zero-order chi connectivity index (χ0) is 13.0. The van der Waals surface area contributed by atoms with Crippen molar-refractivity contribution in [2.75, 3.05) is 0 Å². The lowest BCUT2D eigenvalue weighted by molar-refractivity contribution is -0.129. The molecule has 1 heterocycles. The van der Waals surface area contributed by atoms with Gasteiger partial charge >= 0.3 is 0 Å². The fourth-order valence-corrected chi connectivity index (χ4v) is 2.47. The fourth-order valence-electron chi connectivity index (χ4n) is 1.64. The minimum Gasteiger partial charge on any atom is -0.378 e. The van der Waals surface area contributed by atoms with Gasteiger partial charge in [-0.25, -0.2) is 0 Å². The van der Waals surface area contributed by atoms with Gasteiger partial charge in [-0.2, -0.15) is 0 Å². The Morgan fingerprint density at radius 1 is 1.28 bits per heavy atom. The number of hydrogen-bond donors (Lipinski definition) is 2. The van der Waals surface area contributed by atoms with E-state index in [4.69, 9.17) is 0 Å². The predicted octanol–water partition coefficient (Wildman–Crippen LogP) is 2.41. The lowest BCUT2D eigenvalue weighted by Crippen LogP contribution is -2.28. The van der Waals surface area contributed by atoms with E-state index >= 15 is 0 Å². The molecule has 0 aliphatic heterocycles. The molecule has 0 spiro atoms. The molecule has 0 bridgehead atoms. The van der Waals surface area contributed by atoms with Gasteiger partial charge in [0.15, 0.2) is 6.10 Å². The summed E-state index contributed by atoms with van der Waals surface area (Å²) in [5, 5.41) is 12.6. The maximum atomic E-state index is 11.8. The van der Waals surface area contributed by atoms with Crippen molar-refractivity contribution >= 4 is 17.2 Å². The Morgan fingerprint density at radius 3 is 2.61 bits per heavy atom. The van der Waals surface area contributed by atoms with E-state index in [1.165, 1.54) is 4.88 Å². The van der Waals surface area contributed by atoms with Crippen LogP contribution in [0.25, 0.3) is 0 Å². The number of aliphatic hydroxyl groups is 1. The van der Waals surface area contributed by atoms with Crippen LogP contribution in [0.15, 0.2) is 42.5 Å². The van der Waals surface area contributed by atoms with Crippen LogP contribution in [0.3, 0.4) is 0 Å². The molecule has 1 aromatic carbocycles. The highest BCUT2D eigenvalue weighted by Gasteiger charge is 2.16. The first-order chi connectivity index (χ1) is 8.66. The molecule has 0 radical (unpaired) electrons. The normalized spacial score (nSPS) is 12.1. The topological polar surface area (TPSA) is 49.3 Å². The molecule has 94 valence electrons. The third-order valence-corrected chi connectivity index (χ3v) is 3.60. The van der Waals surface area contributed by atoms with Crippen molar-refractivity contribution in [2.45, 2.75) is 19.6 Å². The highest BCUT2D eigenvalue weighted by Crippen LogP contribution is 2.16. The molecule has 0 aliphatic carbocycles. The van der Waals surface area contributed by atoms with Gasteiger partial charge in [0, 0.05) is 9.75 Å². The highest BCUT2D eigenvalue weighted by atomic mass is 32.1. The van der Waals surface area contributed by atoms with E-state index in [0.29, 0.717) is 12.1 Å². The fraction of sp³-hybridized carbons (Fsp3) is 0.214. The Bertz CT molecular complexity index is 522. The van der Waals surface area contributed by atoms with E-state index in [1.54, 1.807) is 35.6 Å². The van der Waals surface area contributed by atoms with Gasteiger partial charge in [0.25, 0.3) is 5.91 Å². The van der Waals surface area contributed by atoms with Gasteiger partial charge in [0.2, 0.25) is 0 Å². The standard InChI is InChI=1S/C14H15NO2S/c1-10-7-8-12(18-10)9-15-14(17)13(16)11-5-3-2-4-6-11/h2-8,13,16H,9H2,1H3,(H,15,17). The third kappa shape index (κ3) is 3.18. The van der Waals surface area contributed by atoms with E-state index in [1.807, 2.05) is 25.1 Å². The molecule has 0 saturated carbocycles. The molecule has 1 unspecified atom stereocenters. The van der Waals surface area contributed by atoms with Gasteiger partial charge in [-0.05, 0) is 24.6 Å². The number of carbonyl (C=O) groups excluding carboxylic acids is 1. The van der Waals surface area contributed by atoms with E-state index in [-0.39, 0.29) is 5.91 Å². The molecule has 3 nitrogen and oxygen atoms in total. The van der Waals surface area contributed by atoms with Crippen LogP contribution >= 0.6 is 11.3 Å². The van der Waals surface area contributed by atoms with Crippen molar-refractivity contribution in [1.82, 2.24) is 5.32 Å². The van der Waals surface area contributed by atoms with Gasteiger partial charge < -0.3 is 10.4 Å². The number of amides is 1. The van der Waals surface area contributed by atoms with Crippen LogP contribution in [0.4, 0.5) is 0 Å². The molecular formula is C14H15NO2S. The van der Waals surface area contributed by atoms with Crippen molar-refractivity contribution in [3.8, 4) is 0 Å². The van der Waals surface area contributed by atoms with Gasteiger partial charge in [-0.15, -0.1) is 11.3 Å². The van der Waals surface area contributed by atoms with Crippen LogP contribution in [-0.2, 0) is 11.3 Å². The summed E-state index contributed by atoms with van der Waals surface area (Å²) >= 11 is 1.64. The monoisotopic (exact) mass is 261 g/mol. The summed E-state index contributed by atoms with van der Waals surface area (Å²) < 4.78 is 0. The molecule has 2 N–H and O–H groups in total. The van der Waals surface area contributed by atoms with Crippen LogP contribution in [-0.4, -0.2) is 11.0 Å². The number of aliphatic hydroxyl groups excluding tert-OH is 1. The first kappa shape index (κ1) is 12.8. The molecule has 0 saturated heterocycles. The van der Waals surface area contributed by atoms with Crippen LogP contribution in [0, 0.1) is 6.92 Å². The second-order valence-corrected chi connectivity index (χ2v) is 5.42. The summed E-state index contributed by atoms with van der Waals surface area (Å²) in [7, 11) is 0. The van der Waals surface area contributed by atoms with Crippen molar-refractivity contribution in [2.24, 2.45) is 0 Å². The second kappa shape index (κ2) is 5.80. The smallest absolute Gasteiger partial charge is 0.253 e. The van der Waals surface area contributed by atoms with Gasteiger partial charge in [-0.1, -0.05) is 30.3 Å². The predicted molar refractivity (Wildman–Crippen MR) is 72.3 cm³/mol. The second-order valence-electron chi connectivity index (χ2n) is 4.04. The zero-order valence-corrected chi connectivity index (χ0v) is 10.9. The molecule has 0 aliphatic rings. The molecule has 1 amide bonds. The Hall–Kier alpha value is -1.65. The van der Waals surface area contributed by atoms with E-state index in [0.717, 1.165) is 4.88 Å². The number of rotatable bonds is 4. The minimum absolute atomic E-state index is 0.368. The van der Waals surface area contributed by atoms with Crippen molar-refractivity contribution in [1.29, 1.82) is 0 Å². The van der Waals surface area contributed by atoms with E-state index in [9.17, 15) is 9.90 Å². The Morgan fingerprint density at radius 2 is 2.00 bits per heavy atom. The molecular weight excluding hydrogens is 246 g/mol. The maximum Gasteiger partial charge on any atom is 0.253 e. The quantitative estimate of drug-likeness (QED) is 0.888. The number of aryl methyl sites for hydroxylation is 1. The van der Waals surface area contributed by atoms with E-state index < -0.39 is 6.10 Å². The molecule has 2 aromatic rings. The van der Waals surface area contributed by atoms with Crippen LogP contribution in [0.5, 0.6) is 0 Å². The Balaban J connectivity index is 1.92. The molecule has 1 aromatic heterocycles. The lowest BCUT2D eigenvalue weighted by Gasteiger charge is -2.10. The highest BCUT2D eigenvalue weighted by molar-refractivity contribution is 7.11. The van der Waals surface area contributed by atoms with Gasteiger partial charge in [0.05, 0.1) is 6.54 Å². The number of carbonyl (C=O) groups is 1. The summed E-state index contributed by atoms with van der Waals surface area (Å²) in [5.74, 6) is -0.368. The molecule has 1 atom stereocenters. The first-order valence-corrected chi connectivity index (χ1v) is 6.54. The van der Waals surface area contributed by atoms with Gasteiger partial charge in [-0.3, -0.25) is 4.79 Å². The van der Waals surface area contributed by atoms with Gasteiger partial charge in [0.1, 0.15) is 0 Å². The van der Waals surface area contributed by atoms with E-state index in [2.05, 4.69) is 5.32 Å². The number of hydrogen-bond acceptors (Lipinski definition) is 3. The number of nitrogens with one attached hydrogen (secondary N) is 1. The van der Waals surface area contributed by atoms with Crippen molar-refractivity contribution in [3.05, 3.63) is 57.8 Å². The average molecular weight is 261 g/mol. The summed E-state index contributed by atoms with van der Waals surface area (Å²) in [5.41, 5.74) is 0.609. The largest absolute Gasteiger partial charge is 0.378 e. The summed E-state index contributed by atoms with van der Waals surface area (Å²) in [6.45, 7) is 2.48. The Labute approximate surface area is 110 Å². The lowest BCUT2D eigenvalue weighted by atomic mass is 10.1. The SMILES string of the molecule is Cc1ccc(CNC(=O)C(O)c2ccccc2)s1. The zero-order valence-electron chi connectivity index (χ0n) is 10.1. The summed E-state index contributed by atoms with van der Waals surface area (Å²) in [4.78, 5) is 14.1. The Kier molecular flexibility index (Phi) is 4.12. The average Bonchev–Trinajstić information content (AvgIpc) is 2.82. The first-order valence-electron chi connectivity index (χ1n) is 5.73. The molecule has 4 heteroatoms. The number of benzene rings is 1.